The Bertz CT molecular complexity index is 2440. The summed E-state index contributed by atoms with van der Waals surface area (Å²) in [5, 5.41) is 8.11. The first-order valence-electron chi connectivity index (χ1n) is 12.6. The number of imidazole rings is 1. The average Bonchev–Trinajstić information content (AvgIpc) is 3.56. The lowest BCUT2D eigenvalue weighted by molar-refractivity contribution is -0.617. The fourth-order valence-electron chi connectivity index (χ4n) is 6.56. The highest BCUT2D eigenvalue weighted by atomic mass is 16.3. The van der Waals surface area contributed by atoms with Crippen molar-refractivity contribution in [3.8, 4) is 0 Å². The van der Waals surface area contributed by atoms with Gasteiger partial charge in [-0.1, -0.05) is 48.5 Å². The smallest absolute Gasteiger partial charge is 0.295 e. The molecule has 174 valence electrons. The molecule has 4 heterocycles. The molecule has 9 aromatic rings. The molecule has 0 amide bonds. The Morgan fingerprint density at radius 3 is 2.14 bits per heavy atom. The van der Waals surface area contributed by atoms with Crippen molar-refractivity contribution in [2.24, 2.45) is 7.05 Å². The molecular formula is C33H21N2O2+. The van der Waals surface area contributed by atoms with Crippen molar-refractivity contribution < 1.29 is 13.4 Å². The Morgan fingerprint density at radius 2 is 1.24 bits per heavy atom. The highest BCUT2D eigenvalue weighted by Crippen LogP contribution is 2.43. The van der Waals surface area contributed by atoms with Gasteiger partial charge in [0.2, 0.25) is 0 Å². The van der Waals surface area contributed by atoms with Crippen molar-refractivity contribution in [3.05, 3.63) is 96.6 Å². The lowest BCUT2D eigenvalue weighted by Crippen LogP contribution is -2.27. The zero-order chi connectivity index (χ0) is 24.4. The van der Waals surface area contributed by atoms with Crippen LogP contribution in [-0.2, 0) is 7.05 Å². The van der Waals surface area contributed by atoms with Gasteiger partial charge in [0.15, 0.2) is 11.0 Å². The van der Waals surface area contributed by atoms with Crippen molar-refractivity contribution in [1.29, 1.82) is 0 Å². The van der Waals surface area contributed by atoms with E-state index in [1.165, 1.54) is 43.9 Å². The molecule has 0 bridgehead atoms. The second kappa shape index (κ2) is 6.48. The Morgan fingerprint density at radius 1 is 0.568 bits per heavy atom. The minimum absolute atomic E-state index is 0.884. The average molecular weight is 478 g/mol. The van der Waals surface area contributed by atoms with Crippen LogP contribution in [0.15, 0.2) is 99.8 Å². The van der Waals surface area contributed by atoms with E-state index in [1.807, 2.05) is 12.1 Å². The molecule has 9 rings (SSSR count). The van der Waals surface area contributed by atoms with E-state index in [0.717, 1.165) is 43.9 Å². The fraction of sp³-hybridized carbons (Fsp3) is 0.0606. The van der Waals surface area contributed by atoms with Gasteiger partial charge < -0.3 is 8.83 Å². The van der Waals surface area contributed by atoms with Gasteiger partial charge in [0, 0.05) is 32.3 Å². The van der Waals surface area contributed by atoms with Crippen LogP contribution in [0.25, 0.3) is 82.2 Å². The summed E-state index contributed by atoms with van der Waals surface area (Å²) < 4.78 is 17.6. The van der Waals surface area contributed by atoms with E-state index in [-0.39, 0.29) is 0 Å². The second-order valence-electron chi connectivity index (χ2n) is 10.1. The number of furan rings is 2. The highest BCUT2D eigenvalue weighted by Gasteiger charge is 2.27. The highest BCUT2D eigenvalue weighted by molar-refractivity contribution is 6.30. The molecule has 0 N–H and O–H groups in total. The third kappa shape index (κ3) is 2.27. The summed E-state index contributed by atoms with van der Waals surface area (Å²) >= 11 is 0. The summed E-state index contributed by atoms with van der Waals surface area (Å²) in [6.45, 7) is 2.20. The second-order valence-corrected chi connectivity index (χ2v) is 10.1. The minimum atomic E-state index is 0.884. The van der Waals surface area contributed by atoms with E-state index in [1.54, 1.807) is 0 Å². The van der Waals surface area contributed by atoms with Crippen LogP contribution in [-0.4, -0.2) is 4.40 Å². The molecule has 4 heteroatoms. The summed E-state index contributed by atoms with van der Waals surface area (Å²) in [5.41, 5.74) is 9.56. The number of hydrogen-bond acceptors (Lipinski definition) is 2. The van der Waals surface area contributed by atoms with Gasteiger partial charge in [0.25, 0.3) is 5.65 Å². The molecular weight excluding hydrogens is 456 g/mol. The van der Waals surface area contributed by atoms with E-state index < -0.39 is 0 Å². The summed E-state index contributed by atoms with van der Waals surface area (Å²) in [5.74, 6) is 0. The van der Waals surface area contributed by atoms with Gasteiger partial charge in [-0.2, -0.15) is 4.40 Å². The molecule has 0 saturated heterocycles. The van der Waals surface area contributed by atoms with E-state index >= 15 is 0 Å². The first-order chi connectivity index (χ1) is 18.2. The van der Waals surface area contributed by atoms with Crippen LogP contribution < -0.4 is 4.57 Å². The lowest BCUT2D eigenvalue weighted by atomic mass is 9.96. The zero-order valence-electron chi connectivity index (χ0n) is 20.4. The Labute approximate surface area is 210 Å². The van der Waals surface area contributed by atoms with Crippen LogP contribution >= 0.6 is 0 Å². The van der Waals surface area contributed by atoms with E-state index in [9.17, 15) is 0 Å². The quantitative estimate of drug-likeness (QED) is 0.163. The van der Waals surface area contributed by atoms with Crippen LogP contribution in [0.1, 0.15) is 5.56 Å². The number of fused-ring (bicyclic) bond motifs is 15. The number of hydrogen-bond donors (Lipinski definition) is 0. The summed E-state index contributed by atoms with van der Waals surface area (Å²) in [6.07, 6.45) is 0. The molecule has 5 aromatic carbocycles. The molecule has 0 aliphatic carbocycles. The van der Waals surface area contributed by atoms with Gasteiger partial charge in [-0.05, 0) is 55.0 Å². The van der Waals surface area contributed by atoms with Crippen molar-refractivity contribution in [2.75, 3.05) is 0 Å². The number of pyridine rings is 1. The first-order valence-corrected chi connectivity index (χ1v) is 12.6. The predicted octanol–water partition coefficient (Wildman–Crippen LogP) is 8.33. The number of aryl methyl sites for hydroxylation is 2. The zero-order valence-corrected chi connectivity index (χ0v) is 20.4. The third-order valence-electron chi connectivity index (χ3n) is 8.11. The maximum Gasteiger partial charge on any atom is 0.295 e. The van der Waals surface area contributed by atoms with Crippen LogP contribution in [0.2, 0.25) is 0 Å². The fourth-order valence-corrected chi connectivity index (χ4v) is 6.56. The van der Waals surface area contributed by atoms with E-state index in [0.29, 0.717) is 0 Å². The maximum absolute atomic E-state index is 6.56. The molecule has 37 heavy (non-hydrogen) atoms. The first kappa shape index (κ1) is 19.4. The molecule has 0 spiro atoms. The summed E-state index contributed by atoms with van der Waals surface area (Å²) in [6, 6.07) is 32.1. The van der Waals surface area contributed by atoms with Gasteiger partial charge in [-0.3, -0.25) is 0 Å². The molecule has 4 nitrogen and oxygen atoms in total. The van der Waals surface area contributed by atoms with Gasteiger partial charge >= 0.3 is 0 Å². The number of nitrogens with zero attached hydrogens (tertiary/aromatic N) is 2. The predicted molar refractivity (Wildman–Crippen MR) is 150 cm³/mol. The minimum Gasteiger partial charge on any atom is -0.456 e. The maximum atomic E-state index is 6.56. The summed E-state index contributed by atoms with van der Waals surface area (Å²) in [7, 11) is 2.17. The van der Waals surface area contributed by atoms with Crippen molar-refractivity contribution >= 4 is 82.2 Å². The molecule has 4 aromatic heterocycles. The van der Waals surface area contributed by atoms with Crippen molar-refractivity contribution in [3.63, 3.8) is 0 Å². The molecule has 0 aliphatic heterocycles. The number of para-hydroxylation sites is 4. The van der Waals surface area contributed by atoms with Crippen molar-refractivity contribution in [1.82, 2.24) is 4.40 Å². The standard InChI is InChI=1S/C33H21N2O2/c1-18-15-29-31(22-17-27-21(16-28(22)37-29)19-9-4-8-14-26(19)36-27)32-20-10-3-5-11-23(20)35-25-13-7-6-12-24(25)34(2)33(35)30(18)32/h3-17H,1-2H3/q+1. The normalized spacial score (nSPS) is 12.6. The molecule has 0 saturated carbocycles. The van der Waals surface area contributed by atoms with Crippen LogP contribution in [0.4, 0.5) is 0 Å². The van der Waals surface area contributed by atoms with Gasteiger partial charge in [0.05, 0.1) is 12.4 Å². The molecule has 0 unspecified atom stereocenters. The third-order valence-corrected chi connectivity index (χ3v) is 8.11. The van der Waals surface area contributed by atoms with Gasteiger partial charge in [-0.25, -0.2) is 4.57 Å². The van der Waals surface area contributed by atoms with Crippen molar-refractivity contribution in [2.45, 2.75) is 6.92 Å². The molecule has 0 aliphatic rings. The van der Waals surface area contributed by atoms with E-state index in [4.69, 9.17) is 8.83 Å². The number of benzene rings is 5. The lowest BCUT2D eigenvalue weighted by Gasteiger charge is -2.08. The Hall–Kier alpha value is -4.83. The number of aromatic nitrogens is 2. The molecule has 0 atom stereocenters. The van der Waals surface area contributed by atoms with Crippen LogP contribution in [0.5, 0.6) is 0 Å². The SMILES string of the molecule is Cc1cc2oc3cc4c(cc3c2c2c3ccccc3n3c5ccccc5[n+](C)c3c12)oc1ccccc14. The largest absolute Gasteiger partial charge is 0.456 e. The van der Waals surface area contributed by atoms with Crippen LogP contribution in [0.3, 0.4) is 0 Å². The van der Waals surface area contributed by atoms with Gasteiger partial charge in [0.1, 0.15) is 27.8 Å². The van der Waals surface area contributed by atoms with Gasteiger partial charge in [-0.15, -0.1) is 0 Å². The molecule has 0 fully saturated rings. The van der Waals surface area contributed by atoms with Crippen LogP contribution in [0, 0.1) is 6.92 Å². The Balaban J connectivity index is 1.60. The number of rotatable bonds is 0. The summed E-state index contributed by atoms with van der Waals surface area (Å²) in [4.78, 5) is 0. The molecule has 0 radical (unpaired) electrons. The topological polar surface area (TPSA) is 34.6 Å². The van der Waals surface area contributed by atoms with E-state index in [2.05, 4.69) is 102 Å². The monoisotopic (exact) mass is 477 g/mol. The Kier molecular flexibility index (Phi) is 3.39.